The molecule has 0 amide bonds. The van der Waals surface area contributed by atoms with Gasteiger partial charge >= 0.3 is 0 Å². The zero-order chi connectivity index (χ0) is 23.8. The van der Waals surface area contributed by atoms with Crippen molar-refractivity contribution in [3.05, 3.63) is 112 Å². The van der Waals surface area contributed by atoms with Crippen LogP contribution in [0.25, 0.3) is 5.57 Å². The van der Waals surface area contributed by atoms with Crippen molar-refractivity contribution in [3.8, 4) is 11.8 Å². The van der Waals surface area contributed by atoms with Crippen molar-refractivity contribution in [2.24, 2.45) is 0 Å². The number of fused-ring (bicyclic) bond motifs is 2. The molecule has 0 aromatic heterocycles. The van der Waals surface area contributed by atoms with Crippen LogP contribution in [0.2, 0.25) is 0 Å². The van der Waals surface area contributed by atoms with E-state index in [2.05, 4.69) is 6.07 Å². The van der Waals surface area contributed by atoms with Crippen LogP contribution in [0.4, 0.5) is 5.69 Å². The van der Waals surface area contributed by atoms with Crippen LogP contribution in [0.1, 0.15) is 44.3 Å². The SMILES string of the molecule is C/C=C(/C=O)c1cccc2c1C(=O)C1=C(C2=O)N(c2ccc(C#N)cc2)Cc2ccccc2O1. The maximum Gasteiger partial charge on any atom is 0.231 e. The third-order valence-corrected chi connectivity index (χ3v) is 6.01. The number of ether oxygens (including phenoxy) is 1. The molecule has 1 aliphatic carbocycles. The molecule has 6 heteroatoms. The number of nitrogens with zero attached hydrogens (tertiary/aromatic N) is 2. The van der Waals surface area contributed by atoms with Crippen molar-refractivity contribution in [3.63, 3.8) is 0 Å². The van der Waals surface area contributed by atoms with E-state index >= 15 is 0 Å². The number of carbonyl (C=O) groups excluding carboxylic acids is 3. The second-order valence-corrected chi connectivity index (χ2v) is 7.88. The standard InChI is InChI=1S/C28H18N2O4/c1-2-18(16-31)21-7-5-8-22-24(21)27(33)28-25(26(22)32)30(20-12-10-17(14-29)11-13-20)15-19-6-3-4-9-23(19)34-28/h2-13,16H,15H2,1H3/b18-2-. The Morgan fingerprint density at radius 1 is 1.00 bits per heavy atom. The molecular formula is C28H18N2O4. The van der Waals surface area contributed by atoms with Gasteiger partial charge in [-0.2, -0.15) is 5.26 Å². The van der Waals surface area contributed by atoms with Gasteiger partial charge in [-0.05, 0) is 42.8 Å². The number of hydrogen-bond acceptors (Lipinski definition) is 6. The Balaban J connectivity index is 1.76. The molecule has 5 rings (SSSR count). The summed E-state index contributed by atoms with van der Waals surface area (Å²) in [5, 5.41) is 9.18. The fraction of sp³-hybridized carbons (Fsp3) is 0.0714. The van der Waals surface area contributed by atoms with Crippen molar-refractivity contribution >= 4 is 29.1 Å². The molecule has 3 aromatic carbocycles. The van der Waals surface area contributed by atoms with E-state index in [-0.39, 0.29) is 28.4 Å². The molecule has 0 fully saturated rings. The number of carbonyl (C=O) groups is 3. The van der Waals surface area contributed by atoms with Gasteiger partial charge in [0, 0.05) is 28.0 Å². The number of nitriles is 1. The van der Waals surface area contributed by atoms with Crippen LogP contribution < -0.4 is 9.64 Å². The van der Waals surface area contributed by atoms with Crippen LogP contribution in [0.5, 0.6) is 5.75 Å². The summed E-state index contributed by atoms with van der Waals surface area (Å²) in [7, 11) is 0. The second kappa shape index (κ2) is 8.30. The van der Waals surface area contributed by atoms with Gasteiger partial charge in [-0.3, -0.25) is 14.4 Å². The molecular weight excluding hydrogens is 428 g/mol. The van der Waals surface area contributed by atoms with E-state index in [9.17, 15) is 19.6 Å². The van der Waals surface area contributed by atoms with E-state index < -0.39 is 5.78 Å². The van der Waals surface area contributed by atoms with Crippen LogP contribution >= 0.6 is 0 Å². The minimum atomic E-state index is -0.461. The second-order valence-electron chi connectivity index (χ2n) is 7.88. The smallest absolute Gasteiger partial charge is 0.231 e. The molecule has 1 heterocycles. The van der Waals surface area contributed by atoms with Crippen molar-refractivity contribution in [1.29, 1.82) is 5.26 Å². The fourth-order valence-electron chi connectivity index (χ4n) is 4.34. The zero-order valence-electron chi connectivity index (χ0n) is 18.2. The molecule has 3 aromatic rings. The lowest BCUT2D eigenvalue weighted by Crippen LogP contribution is -2.34. The van der Waals surface area contributed by atoms with E-state index in [1.165, 1.54) is 0 Å². The van der Waals surface area contributed by atoms with Gasteiger partial charge in [-0.25, -0.2) is 0 Å². The Labute approximate surface area is 196 Å². The third kappa shape index (κ3) is 3.23. The maximum absolute atomic E-state index is 13.9. The number of para-hydroxylation sites is 1. The third-order valence-electron chi connectivity index (χ3n) is 6.01. The van der Waals surface area contributed by atoms with E-state index in [1.54, 1.807) is 72.5 Å². The van der Waals surface area contributed by atoms with Gasteiger partial charge < -0.3 is 9.64 Å². The number of anilines is 1. The molecule has 0 unspecified atom stereocenters. The van der Waals surface area contributed by atoms with Crippen molar-refractivity contribution in [2.75, 3.05) is 4.90 Å². The number of benzene rings is 3. The summed E-state index contributed by atoms with van der Waals surface area (Å²) in [6.45, 7) is 2.00. The monoisotopic (exact) mass is 446 g/mol. The number of allylic oxidation sites excluding steroid dienone is 4. The van der Waals surface area contributed by atoms with E-state index in [0.29, 0.717) is 41.0 Å². The first-order valence-electron chi connectivity index (χ1n) is 10.7. The lowest BCUT2D eigenvalue weighted by molar-refractivity contribution is -0.103. The largest absolute Gasteiger partial charge is 0.450 e. The molecule has 0 N–H and O–H groups in total. The topological polar surface area (TPSA) is 87.5 Å². The highest BCUT2D eigenvalue weighted by Crippen LogP contribution is 2.39. The Morgan fingerprint density at radius 3 is 2.47 bits per heavy atom. The summed E-state index contributed by atoms with van der Waals surface area (Å²) in [4.78, 5) is 41.1. The van der Waals surface area contributed by atoms with Crippen LogP contribution in [0, 0.1) is 11.3 Å². The molecule has 164 valence electrons. The van der Waals surface area contributed by atoms with Gasteiger partial charge in [0.15, 0.2) is 0 Å². The maximum atomic E-state index is 13.9. The molecule has 34 heavy (non-hydrogen) atoms. The highest BCUT2D eigenvalue weighted by molar-refractivity contribution is 6.30. The fourth-order valence-corrected chi connectivity index (χ4v) is 4.34. The molecule has 0 bridgehead atoms. The lowest BCUT2D eigenvalue weighted by Gasteiger charge is -2.29. The molecule has 0 spiro atoms. The predicted molar refractivity (Wildman–Crippen MR) is 126 cm³/mol. The first kappa shape index (κ1) is 21.1. The zero-order valence-corrected chi connectivity index (χ0v) is 18.2. The van der Waals surface area contributed by atoms with Crippen LogP contribution in [-0.2, 0) is 11.3 Å². The van der Waals surface area contributed by atoms with E-state index in [1.807, 2.05) is 12.1 Å². The minimum absolute atomic E-state index is 0.0828. The molecule has 0 saturated carbocycles. The Kier molecular flexibility index (Phi) is 5.15. The molecule has 0 atom stereocenters. The molecule has 1 aliphatic heterocycles. The minimum Gasteiger partial charge on any atom is -0.450 e. The van der Waals surface area contributed by atoms with Crippen LogP contribution in [0.3, 0.4) is 0 Å². The summed E-state index contributed by atoms with van der Waals surface area (Å²) < 4.78 is 6.11. The van der Waals surface area contributed by atoms with Gasteiger partial charge in [0.05, 0.1) is 18.2 Å². The Hall–Kier alpha value is -4.76. The number of aldehydes is 1. The van der Waals surface area contributed by atoms with Crippen molar-refractivity contribution in [2.45, 2.75) is 13.5 Å². The normalized spacial score (nSPS) is 14.9. The number of hydrogen-bond donors (Lipinski definition) is 0. The molecule has 2 aliphatic rings. The highest BCUT2D eigenvalue weighted by Gasteiger charge is 2.41. The Morgan fingerprint density at radius 2 is 1.76 bits per heavy atom. The Bertz CT molecular complexity index is 1470. The molecule has 6 nitrogen and oxygen atoms in total. The predicted octanol–water partition coefficient (Wildman–Crippen LogP) is 4.85. The van der Waals surface area contributed by atoms with E-state index in [4.69, 9.17) is 4.74 Å². The first-order chi connectivity index (χ1) is 16.6. The summed E-state index contributed by atoms with van der Waals surface area (Å²) in [6, 6.07) is 21.1. The van der Waals surface area contributed by atoms with Crippen molar-refractivity contribution < 1.29 is 19.1 Å². The van der Waals surface area contributed by atoms with E-state index in [0.717, 1.165) is 5.56 Å². The van der Waals surface area contributed by atoms with Crippen LogP contribution in [0.15, 0.2) is 84.3 Å². The highest BCUT2D eigenvalue weighted by atomic mass is 16.5. The van der Waals surface area contributed by atoms with Crippen LogP contribution in [-0.4, -0.2) is 17.9 Å². The number of ketones is 2. The van der Waals surface area contributed by atoms with Crippen molar-refractivity contribution in [1.82, 2.24) is 0 Å². The van der Waals surface area contributed by atoms with Gasteiger partial charge in [-0.1, -0.05) is 42.5 Å². The lowest BCUT2D eigenvalue weighted by atomic mass is 9.85. The summed E-state index contributed by atoms with van der Waals surface area (Å²) >= 11 is 0. The number of Topliss-reactive ketones (excluding diaryl/α,β-unsaturated/α-hetero) is 2. The molecule has 0 radical (unpaired) electrons. The molecule has 0 saturated heterocycles. The van der Waals surface area contributed by atoms with Gasteiger partial charge in [0.2, 0.25) is 17.3 Å². The quantitative estimate of drug-likeness (QED) is 0.422. The summed E-state index contributed by atoms with van der Waals surface area (Å²) in [6.07, 6.45) is 2.28. The summed E-state index contributed by atoms with van der Waals surface area (Å²) in [5.74, 6) is -0.433. The average molecular weight is 446 g/mol. The average Bonchev–Trinajstić information content (AvgIpc) is 3.05. The van der Waals surface area contributed by atoms with Gasteiger partial charge in [0.25, 0.3) is 0 Å². The summed E-state index contributed by atoms with van der Waals surface area (Å²) in [5.41, 5.74) is 3.15. The first-order valence-corrected chi connectivity index (χ1v) is 10.7. The number of rotatable bonds is 3. The van der Waals surface area contributed by atoms with Gasteiger partial charge in [-0.15, -0.1) is 0 Å². The van der Waals surface area contributed by atoms with Gasteiger partial charge in [0.1, 0.15) is 17.7 Å².